The zero-order chi connectivity index (χ0) is 15.8. The molecule has 1 aromatic carbocycles. The summed E-state index contributed by atoms with van der Waals surface area (Å²) in [5.74, 6) is 1.61. The molecule has 124 valence electrons. The fourth-order valence-corrected chi connectivity index (χ4v) is 3.13. The zero-order valence-electron chi connectivity index (χ0n) is 13.8. The highest BCUT2D eigenvalue weighted by atomic mass is 16.5. The van der Waals surface area contributed by atoms with E-state index in [1.165, 1.54) is 25.7 Å². The molecule has 0 bridgehead atoms. The van der Waals surface area contributed by atoms with Crippen molar-refractivity contribution in [2.45, 2.75) is 51.4 Å². The van der Waals surface area contributed by atoms with Gasteiger partial charge in [-0.25, -0.2) is 0 Å². The average molecular weight is 308 g/mol. The Kier molecular flexibility index (Phi) is 7.16. The molecule has 0 aliphatic heterocycles. The van der Waals surface area contributed by atoms with Crippen molar-refractivity contribution in [1.82, 2.24) is 0 Å². The third kappa shape index (κ3) is 5.59. The predicted octanol–water partition coefficient (Wildman–Crippen LogP) is 1.71. The summed E-state index contributed by atoms with van der Waals surface area (Å²) in [6.07, 6.45) is 4.90. The highest BCUT2D eigenvalue weighted by Gasteiger charge is 2.24. The number of methoxy groups -OCH3 is 1. The first kappa shape index (κ1) is 17.3. The second-order valence-electron chi connectivity index (χ2n) is 6.41. The monoisotopic (exact) mass is 308 g/mol. The maximum atomic E-state index is 10.1. The second-order valence-corrected chi connectivity index (χ2v) is 6.41. The zero-order valence-corrected chi connectivity index (χ0v) is 13.8. The smallest absolute Gasteiger partial charge is 0.126 e. The number of hydrogen-bond donors (Lipinski definition) is 2. The van der Waals surface area contributed by atoms with Gasteiger partial charge in [0.25, 0.3) is 0 Å². The summed E-state index contributed by atoms with van der Waals surface area (Å²) in [5.41, 5.74) is 1.10. The van der Waals surface area contributed by atoms with Crippen LogP contribution in [0.4, 0.5) is 0 Å². The molecule has 1 aliphatic rings. The van der Waals surface area contributed by atoms with Gasteiger partial charge in [0, 0.05) is 5.92 Å². The van der Waals surface area contributed by atoms with E-state index < -0.39 is 6.10 Å². The van der Waals surface area contributed by atoms with E-state index in [1.54, 1.807) is 7.11 Å². The van der Waals surface area contributed by atoms with Gasteiger partial charge in [-0.05, 0) is 37.0 Å². The fourth-order valence-electron chi connectivity index (χ4n) is 3.13. The summed E-state index contributed by atoms with van der Waals surface area (Å²) in [4.78, 5) is 0. The minimum absolute atomic E-state index is 0.392. The van der Waals surface area contributed by atoms with Crippen molar-refractivity contribution >= 4 is 0 Å². The van der Waals surface area contributed by atoms with Crippen molar-refractivity contribution in [3.8, 4) is 5.75 Å². The summed E-state index contributed by atoms with van der Waals surface area (Å²) in [7, 11) is 1.66. The molecule has 3 N–H and O–H groups in total. The lowest BCUT2D eigenvalue weighted by Gasteiger charge is -2.27. The van der Waals surface area contributed by atoms with E-state index in [2.05, 4.69) is 12.2 Å². The Labute approximate surface area is 133 Å². The third-order valence-corrected chi connectivity index (χ3v) is 4.63. The molecule has 1 aliphatic carbocycles. The Morgan fingerprint density at radius 2 is 1.95 bits per heavy atom. The van der Waals surface area contributed by atoms with E-state index in [9.17, 15) is 5.11 Å². The lowest BCUT2D eigenvalue weighted by molar-refractivity contribution is -0.703. The molecule has 2 rings (SSSR count). The molecule has 4 nitrogen and oxygen atoms in total. The maximum absolute atomic E-state index is 10.1. The largest absolute Gasteiger partial charge is 0.497 e. The van der Waals surface area contributed by atoms with E-state index in [1.807, 2.05) is 24.3 Å². The van der Waals surface area contributed by atoms with Crippen LogP contribution in [-0.2, 0) is 11.3 Å². The standard InChI is InChI=1S/C18H29NO3/c1-14-5-3-4-6-18(14)19-11-16(20)13-22-12-15-7-9-17(21-2)10-8-15/h7-10,14,16,18-20H,3-6,11-13H2,1-2H3/p+1/t14-,16-,18+/m0/s1. The van der Waals surface area contributed by atoms with Crippen molar-refractivity contribution in [2.24, 2.45) is 5.92 Å². The summed E-state index contributed by atoms with van der Waals surface area (Å²) in [5, 5.41) is 12.4. The van der Waals surface area contributed by atoms with Crippen molar-refractivity contribution < 1.29 is 19.9 Å². The first-order valence-electron chi connectivity index (χ1n) is 8.41. The summed E-state index contributed by atoms with van der Waals surface area (Å²) in [6.45, 7) is 3.98. The number of aliphatic hydroxyl groups is 1. The van der Waals surface area contributed by atoms with Gasteiger partial charge in [-0.1, -0.05) is 25.5 Å². The van der Waals surface area contributed by atoms with Crippen LogP contribution < -0.4 is 10.1 Å². The van der Waals surface area contributed by atoms with Gasteiger partial charge in [-0.3, -0.25) is 0 Å². The molecule has 0 spiro atoms. The minimum atomic E-state index is -0.396. The number of nitrogens with two attached hydrogens (primary N) is 1. The van der Waals surface area contributed by atoms with Crippen LogP contribution in [0.15, 0.2) is 24.3 Å². The molecule has 0 heterocycles. The van der Waals surface area contributed by atoms with Gasteiger partial charge in [0.05, 0.1) is 26.4 Å². The van der Waals surface area contributed by atoms with Crippen LogP contribution in [0.1, 0.15) is 38.2 Å². The predicted molar refractivity (Wildman–Crippen MR) is 86.9 cm³/mol. The van der Waals surface area contributed by atoms with E-state index in [-0.39, 0.29) is 0 Å². The number of hydrogen-bond acceptors (Lipinski definition) is 3. The van der Waals surface area contributed by atoms with Gasteiger partial charge in [-0.2, -0.15) is 0 Å². The Morgan fingerprint density at radius 1 is 1.23 bits per heavy atom. The van der Waals surface area contributed by atoms with Gasteiger partial charge in [0.15, 0.2) is 0 Å². The SMILES string of the molecule is COc1ccc(COC[C@@H](O)C[NH2+][C@@H]2CCCC[C@@H]2C)cc1. The lowest BCUT2D eigenvalue weighted by Crippen LogP contribution is -2.93. The molecule has 1 saturated carbocycles. The molecule has 0 radical (unpaired) electrons. The Balaban J connectivity index is 1.61. The third-order valence-electron chi connectivity index (χ3n) is 4.63. The first-order chi connectivity index (χ1) is 10.7. The number of ether oxygens (including phenoxy) is 2. The number of quaternary nitrogens is 1. The van der Waals surface area contributed by atoms with Crippen LogP contribution in [0.2, 0.25) is 0 Å². The van der Waals surface area contributed by atoms with Gasteiger partial charge < -0.3 is 19.9 Å². The highest BCUT2D eigenvalue weighted by Crippen LogP contribution is 2.21. The Bertz CT molecular complexity index is 421. The minimum Gasteiger partial charge on any atom is -0.497 e. The molecular formula is C18H30NO3+. The van der Waals surface area contributed by atoms with E-state index in [4.69, 9.17) is 9.47 Å². The lowest BCUT2D eigenvalue weighted by atomic mass is 9.86. The van der Waals surface area contributed by atoms with Crippen LogP contribution in [0.3, 0.4) is 0 Å². The molecular weight excluding hydrogens is 278 g/mol. The van der Waals surface area contributed by atoms with Crippen LogP contribution in [0.5, 0.6) is 5.75 Å². The van der Waals surface area contributed by atoms with Crippen molar-refractivity contribution in [3.05, 3.63) is 29.8 Å². The van der Waals surface area contributed by atoms with Crippen molar-refractivity contribution in [3.63, 3.8) is 0 Å². The molecule has 1 aromatic rings. The molecule has 4 heteroatoms. The van der Waals surface area contributed by atoms with Crippen LogP contribution in [-0.4, -0.2) is 37.5 Å². The van der Waals surface area contributed by atoms with Gasteiger partial charge >= 0.3 is 0 Å². The highest BCUT2D eigenvalue weighted by molar-refractivity contribution is 5.26. The molecule has 22 heavy (non-hydrogen) atoms. The second kappa shape index (κ2) is 9.13. The van der Waals surface area contributed by atoms with E-state index >= 15 is 0 Å². The summed E-state index contributed by atoms with van der Waals surface area (Å²) < 4.78 is 10.7. The average Bonchev–Trinajstić information content (AvgIpc) is 2.55. The summed E-state index contributed by atoms with van der Waals surface area (Å²) >= 11 is 0. The molecule has 0 unspecified atom stereocenters. The molecule has 0 aromatic heterocycles. The molecule has 0 saturated heterocycles. The van der Waals surface area contributed by atoms with Gasteiger partial charge in [-0.15, -0.1) is 0 Å². The van der Waals surface area contributed by atoms with Crippen LogP contribution >= 0.6 is 0 Å². The Hall–Kier alpha value is -1.10. The molecule has 0 amide bonds. The van der Waals surface area contributed by atoms with E-state index in [0.29, 0.717) is 19.3 Å². The van der Waals surface area contributed by atoms with Crippen LogP contribution in [0, 0.1) is 5.92 Å². The fraction of sp³-hybridized carbons (Fsp3) is 0.667. The molecule has 1 fully saturated rings. The van der Waals surface area contributed by atoms with Gasteiger partial charge in [0.1, 0.15) is 18.4 Å². The van der Waals surface area contributed by atoms with Crippen molar-refractivity contribution in [2.75, 3.05) is 20.3 Å². The van der Waals surface area contributed by atoms with E-state index in [0.717, 1.165) is 23.8 Å². The first-order valence-corrected chi connectivity index (χ1v) is 8.41. The quantitative estimate of drug-likeness (QED) is 0.769. The number of aliphatic hydroxyl groups excluding tert-OH is 1. The normalized spacial score (nSPS) is 23.2. The van der Waals surface area contributed by atoms with Gasteiger partial charge in [0.2, 0.25) is 0 Å². The number of rotatable bonds is 8. The van der Waals surface area contributed by atoms with Crippen LogP contribution in [0.25, 0.3) is 0 Å². The van der Waals surface area contributed by atoms with Crippen molar-refractivity contribution in [1.29, 1.82) is 0 Å². The topological polar surface area (TPSA) is 55.3 Å². The molecule has 3 atom stereocenters. The summed E-state index contributed by atoms with van der Waals surface area (Å²) in [6, 6.07) is 8.49. The number of benzene rings is 1. The Morgan fingerprint density at radius 3 is 2.64 bits per heavy atom. The maximum Gasteiger partial charge on any atom is 0.126 e.